The van der Waals surface area contributed by atoms with Crippen LogP contribution in [0, 0.1) is 0 Å². The van der Waals surface area contributed by atoms with Crippen molar-refractivity contribution in [1.29, 1.82) is 0 Å². The van der Waals surface area contributed by atoms with Gasteiger partial charge in [-0.15, -0.1) is 12.4 Å². The zero-order valence-corrected chi connectivity index (χ0v) is 10.2. The highest BCUT2D eigenvalue weighted by Gasteiger charge is 2.39. The third kappa shape index (κ3) is 3.56. The maximum absolute atomic E-state index is 11.8. The van der Waals surface area contributed by atoms with E-state index in [-0.39, 0.29) is 24.9 Å². The van der Waals surface area contributed by atoms with Crippen LogP contribution in [0.25, 0.3) is 0 Å². The van der Waals surface area contributed by atoms with Gasteiger partial charge in [0.15, 0.2) is 5.82 Å². The normalized spacial score (nSPS) is 18.0. The van der Waals surface area contributed by atoms with E-state index in [4.69, 9.17) is 10.3 Å². The van der Waals surface area contributed by atoms with E-state index in [1.165, 1.54) is 0 Å². The number of rotatable bonds is 4. The Hall–Kier alpha value is -0.860. The molecule has 0 bridgehead atoms. The van der Waals surface area contributed by atoms with Crippen molar-refractivity contribution in [3.8, 4) is 0 Å². The van der Waals surface area contributed by atoms with Gasteiger partial charge in [0.2, 0.25) is 0 Å². The molecule has 0 unspecified atom stereocenters. The second kappa shape index (κ2) is 5.41. The van der Waals surface area contributed by atoms with E-state index in [2.05, 4.69) is 14.9 Å². The highest BCUT2D eigenvalue weighted by molar-refractivity contribution is 5.85. The fourth-order valence-electron chi connectivity index (χ4n) is 1.55. The predicted molar refractivity (Wildman–Crippen MR) is 57.0 cm³/mol. The van der Waals surface area contributed by atoms with Crippen LogP contribution in [0.15, 0.2) is 4.52 Å². The molecule has 1 aliphatic rings. The highest BCUT2D eigenvalue weighted by Crippen LogP contribution is 2.36. The molecule has 1 aromatic rings. The van der Waals surface area contributed by atoms with Crippen molar-refractivity contribution in [1.82, 2.24) is 10.1 Å². The lowest BCUT2D eigenvalue weighted by molar-refractivity contribution is -0.178. The van der Waals surface area contributed by atoms with Crippen LogP contribution >= 0.6 is 12.4 Å². The van der Waals surface area contributed by atoms with Crippen molar-refractivity contribution in [2.75, 3.05) is 6.61 Å². The SMILES string of the molecule is Cl.NC1(c2noc(COCC(F)(F)F)n2)CCC1. The van der Waals surface area contributed by atoms with Crippen LogP contribution in [0.5, 0.6) is 0 Å². The van der Waals surface area contributed by atoms with Crippen molar-refractivity contribution in [3.63, 3.8) is 0 Å². The van der Waals surface area contributed by atoms with E-state index in [0.29, 0.717) is 5.82 Å². The van der Waals surface area contributed by atoms with Gasteiger partial charge in [0.25, 0.3) is 5.89 Å². The molecule has 5 nitrogen and oxygen atoms in total. The van der Waals surface area contributed by atoms with Crippen LogP contribution in [-0.4, -0.2) is 22.9 Å². The Morgan fingerprint density at radius 3 is 2.56 bits per heavy atom. The average molecular weight is 288 g/mol. The molecule has 1 heterocycles. The lowest BCUT2D eigenvalue weighted by atomic mass is 9.77. The first-order chi connectivity index (χ1) is 7.89. The summed E-state index contributed by atoms with van der Waals surface area (Å²) in [6, 6.07) is 0. The molecule has 1 fully saturated rings. The van der Waals surface area contributed by atoms with Gasteiger partial charge >= 0.3 is 6.18 Å². The molecule has 0 radical (unpaired) electrons. The van der Waals surface area contributed by atoms with Crippen molar-refractivity contribution in [3.05, 3.63) is 11.7 Å². The van der Waals surface area contributed by atoms with Gasteiger partial charge in [-0.1, -0.05) is 5.16 Å². The quantitative estimate of drug-likeness (QED) is 0.915. The lowest BCUT2D eigenvalue weighted by Gasteiger charge is -2.34. The molecule has 0 amide bonds. The number of hydrogen-bond donors (Lipinski definition) is 1. The van der Waals surface area contributed by atoms with Crippen LogP contribution in [0.1, 0.15) is 31.0 Å². The zero-order valence-electron chi connectivity index (χ0n) is 9.37. The second-order valence-electron chi connectivity index (χ2n) is 4.13. The third-order valence-corrected chi connectivity index (χ3v) is 2.65. The number of nitrogens with zero attached hydrogens (tertiary/aromatic N) is 2. The number of ether oxygens (including phenoxy) is 1. The Bertz CT molecular complexity index is 393. The summed E-state index contributed by atoms with van der Waals surface area (Å²) in [5.74, 6) is 0.357. The summed E-state index contributed by atoms with van der Waals surface area (Å²) in [7, 11) is 0. The molecule has 0 atom stereocenters. The highest BCUT2D eigenvalue weighted by atomic mass is 35.5. The van der Waals surface area contributed by atoms with E-state index in [1.807, 2.05) is 0 Å². The van der Waals surface area contributed by atoms with E-state index in [9.17, 15) is 13.2 Å². The standard InChI is InChI=1S/C9H12F3N3O2.ClH/c10-9(11,12)5-16-4-6-14-7(15-17-6)8(13)2-1-3-8;/h1-5,13H2;1H. The molecular weight excluding hydrogens is 275 g/mol. The Balaban J connectivity index is 0.00000162. The summed E-state index contributed by atoms with van der Waals surface area (Å²) >= 11 is 0. The minimum absolute atomic E-state index is 0. The Morgan fingerprint density at radius 1 is 1.39 bits per heavy atom. The minimum atomic E-state index is -4.36. The molecule has 1 saturated carbocycles. The molecule has 2 rings (SSSR count). The topological polar surface area (TPSA) is 74.2 Å². The van der Waals surface area contributed by atoms with Crippen molar-refractivity contribution >= 4 is 12.4 Å². The van der Waals surface area contributed by atoms with Crippen molar-refractivity contribution < 1.29 is 22.4 Å². The first kappa shape index (κ1) is 15.2. The number of nitrogens with two attached hydrogens (primary N) is 1. The molecule has 1 aromatic heterocycles. The van der Waals surface area contributed by atoms with Crippen LogP contribution in [0.3, 0.4) is 0 Å². The van der Waals surface area contributed by atoms with Gasteiger partial charge in [-0.25, -0.2) is 0 Å². The number of hydrogen-bond acceptors (Lipinski definition) is 5. The van der Waals surface area contributed by atoms with E-state index in [0.717, 1.165) is 19.3 Å². The van der Waals surface area contributed by atoms with E-state index >= 15 is 0 Å². The van der Waals surface area contributed by atoms with Gasteiger partial charge in [-0.05, 0) is 19.3 Å². The van der Waals surface area contributed by atoms with Crippen LogP contribution in [0.2, 0.25) is 0 Å². The van der Waals surface area contributed by atoms with Crippen LogP contribution in [-0.2, 0) is 16.9 Å². The molecule has 0 aliphatic heterocycles. The summed E-state index contributed by atoms with van der Waals surface area (Å²) in [5.41, 5.74) is 5.35. The molecule has 104 valence electrons. The lowest BCUT2D eigenvalue weighted by Crippen LogP contribution is -2.44. The van der Waals surface area contributed by atoms with Crippen molar-refractivity contribution in [2.24, 2.45) is 5.73 Å². The molecule has 1 aliphatic carbocycles. The van der Waals surface area contributed by atoms with Crippen LogP contribution in [0.4, 0.5) is 13.2 Å². The summed E-state index contributed by atoms with van der Waals surface area (Å²) in [4.78, 5) is 3.93. The number of halogens is 4. The fourth-order valence-corrected chi connectivity index (χ4v) is 1.55. The van der Waals surface area contributed by atoms with Gasteiger partial charge in [0.1, 0.15) is 13.2 Å². The molecule has 0 saturated heterocycles. The first-order valence-corrected chi connectivity index (χ1v) is 5.15. The second-order valence-corrected chi connectivity index (χ2v) is 4.13. The monoisotopic (exact) mass is 287 g/mol. The van der Waals surface area contributed by atoms with Crippen LogP contribution < -0.4 is 5.73 Å². The Labute approximate surface area is 107 Å². The third-order valence-electron chi connectivity index (χ3n) is 2.65. The molecular formula is C9H13ClF3N3O2. The molecule has 0 spiro atoms. The fraction of sp³-hybridized carbons (Fsp3) is 0.778. The van der Waals surface area contributed by atoms with Gasteiger partial charge < -0.3 is 15.0 Å². The molecule has 0 aromatic carbocycles. The molecule has 9 heteroatoms. The molecule has 18 heavy (non-hydrogen) atoms. The summed E-state index contributed by atoms with van der Waals surface area (Å²) in [6.07, 6.45) is -1.85. The van der Waals surface area contributed by atoms with Gasteiger partial charge in [0.05, 0.1) is 5.54 Å². The number of aromatic nitrogens is 2. The average Bonchev–Trinajstić information content (AvgIpc) is 2.61. The number of alkyl halides is 3. The van der Waals surface area contributed by atoms with Crippen molar-refractivity contribution in [2.45, 2.75) is 37.6 Å². The largest absolute Gasteiger partial charge is 0.411 e. The minimum Gasteiger partial charge on any atom is -0.362 e. The summed E-state index contributed by atoms with van der Waals surface area (Å²) in [5, 5.41) is 3.65. The smallest absolute Gasteiger partial charge is 0.362 e. The Morgan fingerprint density at radius 2 is 2.06 bits per heavy atom. The van der Waals surface area contributed by atoms with Gasteiger partial charge in [-0.2, -0.15) is 18.2 Å². The van der Waals surface area contributed by atoms with E-state index in [1.54, 1.807) is 0 Å². The molecule has 2 N–H and O–H groups in total. The first-order valence-electron chi connectivity index (χ1n) is 5.15. The maximum Gasteiger partial charge on any atom is 0.411 e. The zero-order chi connectivity index (χ0) is 12.5. The summed E-state index contributed by atoms with van der Waals surface area (Å²) in [6.45, 7) is -1.69. The van der Waals surface area contributed by atoms with E-state index < -0.39 is 18.3 Å². The summed E-state index contributed by atoms with van der Waals surface area (Å²) < 4.78 is 44.6. The maximum atomic E-state index is 11.8. The van der Waals surface area contributed by atoms with Gasteiger partial charge in [-0.3, -0.25) is 0 Å². The Kier molecular flexibility index (Phi) is 4.57. The van der Waals surface area contributed by atoms with Gasteiger partial charge in [0, 0.05) is 0 Å². The predicted octanol–water partition coefficient (Wildman–Crippen LogP) is 1.91.